The van der Waals surface area contributed by atoms with Crippen molar-refractivity contribution in [3.8, 4) is 0 Å². The van der Waals surface area contributed by atoms with Crippen molar-refractivity contribution in [2.75, 3.05) is 19.7 Å². The minimum absolute atomic E-state index is 0.0413. The average molecular weight is 293 g/mol. The lowest BCUT2D eigenvalue weighted by Crippen LogP contribution is -2.49. The smallest absolute Gasteiger partial charge is 0.245 e. The van der Waals surface area contributed by atoms with Crippen LogP contribution in [0.25, 0.3) is 0 Å². The number of carbonyl (C=O) groups excluding carboxylic acids is 2. The molecule has 0 aromatic carbocycles. The standard InChI is InChI=1S/C13H19N5O3/c1-2-10-15-12(17-16-10)9-7-18(5-6-21-9)13(20)8-3-4-11(19)14-8/h8-9H,2-7H2,1H3,(H,14,19)(H,15,16,17). The lowest BCUT2D eigenvalue weighted by molar-refractivity contribution is -0.142. The Bertz CT molecular complexity index is 544. The first-order chi connectivity index (χ1) is 10.2. The number of nitrogens with one attached hydrogen (secondary N) is 2. The van der Waals surface area contributed by atoms with Crippen LogP contribution in [0.2, 0.25) is 0 Å². The van der Waals surface area contributed by atoms with Crippen molar-refractivity contribution < 1.29 is 14.3 Å². The SMILES string of the molecule is CCc1nc(C2CN(C(=O)C3CCC(=O)N3)CCO2)n[nH]1. The second-order valence-corrected chi connectivity index (χ2v) is 5.30. The fraction of sp³-hybridized carbons (Fsp3) is 0.692. The first kappa shape index (κ1) is 14.0. The van der Waals surface area contributed by atoms with E-state index in [-0.39, 0.29) is 17.9 Å². The molecule has 0 spiro atoms. The van der Waals surface area contributed by atoms with Gasteiger partial charge in [0.05, 0.1) is 13.2 Å². The van der Waals surface area contributed by atoms with E-state index >= 15 is 0 Å². The molecule has 0 radical (unpaired) electrons. The van der Waals surface area contributed by atoms with Crippen LogP contribution in [0, 0.1) is 0 Å². The van der Waals surface area contributed by atoms with Gasteiger partial charge in [-0.3, -0.25) is 14.7 Å². The fourth-order valence-electron chi connectivity index (χ4n) is 2.64. The molecule has 2 aliphatic heterocycles. The third kappa shape index (κ3) is 2.90. The van der Waals surface area contributed by atoms with Crippen molar-refractivity contribution in [3.63, 3.8) is 0 Å². The Balaban J connectivity index is 1.65. The molecule has 8 nitrogen and oxygen atoms in total. The van der Waals surface area contributed by atoms with E-state index in [4.69, 9.17) is 4.74 Å². The second kappa shape index (κ2) is 5.80. The van der Waals surface area contributed by atoms with Gasteiger partial charge in [-0.25, -0.2) is 4.98 Å². The summed E-state index contributed by atoms with van der Waals surface area (Å²) in [6, 6.07) is -0.394. The van der Waals surface area contributed by atoms with Gasteiger partial charge in [0.2, 0.25) is 11.8 Å². The maximum atomic E-state index is 12.4. The first-order valence-corrected chi connectivity index (χ1v) is 7.28. The van der Waals surface area contributed by atoms with Crippen LogP contribution < -0.4 is 5.32 Å². The number of carbonyl (C=O) groups is 2. The number of ether oxygens (including phenoxy) is 1. The van der Waals surface area contributed by atoms with Crippen molar-refractivity contribution in [2.45, 2.75) is 38.3 Å². The molecule has 2 amide bonds. The van der Waals surface area contributed by atoms with E-state index in [1.807, 2.05) is 6.92 Å². The number of amides is 2. The summed E-state index contributed by atoms with van der Waals surface area (Å²) in [7, 11) is 0. The minimum Gasteiger partial charge on any atom is -0.366 e. The van der Waals surface area contributed by atoms with Gasteiger partial charge in [0.15, 0.2) is 5.82 Å². The third-order valence-electron chi connectivity index (χ3n) is 3.84. The van der Waals surface area contributed by atoms with Crippen LogP contribution in [0.15, 0.2) is 0 Å². The predicted octanol–water partition coefficient (Wildman–Crippen LogP) is -0.454. The zero-order valence-corrected chi connectivity index (χ0v) is 12.0. The summed E-state index contributed by atoms with van der Waals surface area (Å²) >= 11 is 0. The maximum absolute atomic E-state index is 12.4. The Morgan fingerprint density at radius 3 is 3.05 bits per heavy atom. The summed E-state index contributed by atoms with van der Waals surface area (Å²) in [6.45, 7) is 3.40. The van der Waals surface area contributed by atoms with Crippen LogP contribution in [0.5, 0.6) is 0 Å². The molecular weight excluding hydrogens is 274 g/mol. The summed E-state index contributed by atoms with van der Waals surface area (Å²) in [5, 5.41) is 9.71. The number of rotatable bonds is 3. The maximum Gasteiger partial charge on any atom is 0.245 e. The number of aromatic amines is 1. The van der Waals surface area contributed by atoms with Crippen molar-refractivity contribution in [1.82, 2.24) is 25.4 Å². The van der Waals surface area contributed by atoms with Crippen LogP contribution >= 0.6 is 0 Å². The van der Waals surface area contributed by atoms with Gasteiger partial charge in [-0.15, -0.1) is 0 Å². The van der Waals surface area contributed by atoms with Crippen LogP contribution in [0.3, 0.4) is 0 Å². The van der Waals surface area contributed by atoms with E-state index in [0.717, 1.165) is 12.2 Å². The van der Waals surface area contributed by atoms with Gasteiger partial charge in [-0.05, 0) is 6.42 Å². The van der Waals surface area contributed by atoms with E-state index in [9.17, 15) is 9.59 Å². The largest absolute Gasteiger partial charge is 0.366 e. The molecule has 0 aliphatic carbocycles. The Morgan fingerprint density at radius 1 is 1.52 bits per heavy atom. The van der Waals surface area contributed by atoms with Crippen LogP contribution in [-0.2, 0) is 20.7 Å². The van der Waals surface area contributed by atoms with E-state index in [2.05, 4.69) is 20.5 Å². The van der Waals surface area contributed by atoms with E-state index in [1.54, 1.807) is 4.90 Å². The lowest BCUT2D eigenvalue weighted by atomic mass is 10.1. The van der Waals surface area contributed by atoms with Gasteiger partial charge < -0.3 is 15.0 Å². The zero-order valence-electron chi connectivity index (χ0n) is 12.0. The molecule has 1 aromatic heterocycles. The average Bonchev–Trinajstić information content (AvgIpc) is 3.15. The molecule has 2 unspecified atom stereocenters. The molecule has 8 heteroatoms. The molecule has 2 N–H and O–H groups in total. The Hall–Kier alpha value is -1.96. The molecule has 2 atom stereocenters. The summed E-state index contributed by atoms with van der Waals surface area (Å²) in [6.07, 6.45) is 1.46. The minimum atomic E-state index is -0.394. The summed E-state index contributed by atoms with van der Waals surface area (Å²) in [4.78, 5) is 29.7. The first-order valence-electron chi connectivity index (χ1n) is 7.28. The number of H-pyrrole nitrogens is 1. The normalized spacial score (nSPS) is 26.0. The third-order valence-corrected chi connectivity index (χ3v) is 3.84. The number of aromatic nitrogens is 3. The summed E-state index contributed by atoms with van der Waals surface area (Å²) in [5.74, 6) is 1.29. The molecule has 1 aromatic rings. The van der Waals surface area contributed by atoms with Gasteiger partial charge in [-0.2, -0.15) is 5.10 Å². The Kier molecular flexibility index (Phi) is 3.87. The van der Waals surface area contributed by atoms with Crippen LogP contribution in [0.1, 0.15) is 37.5 Å². The number of morpholine rings is 1. The van der Waals surface area contributed by atoms with Gasteiger partial charge in [0, 0.05) is 19.4 Å². The highest BCUT2D eigenvalue weighted by Gasteiger charge is 2.34. The van der Waals surface area contributed by atoms with Crippen molar-refractivity contribution in [1.29, 1.82) is 0 Å². The highest BCUT2D eigenvalue weighted by Crippen LogP contribution is 2.21. The zero-order chi connectivity index (χ0) is 14.8. The number of aryl methyl sites for hydroxylation is 1. The Morgan fingerprint density at radius 2 is 2.38 bits per heavy atom. The molecule has 21 heavy (non-hydrogen) atoms. The lowest BCUT2D eigenvalue weighted by Gasteiger charge is -2.33. The summed E-state index contributed by atoms with van der Waals surface area (Å²) < 4.78 is 5.66. The molecule has 0 saturated carbocycles. The van der Waals surface area contributed by atoms with E-state index in [0.29, 0.717) is 38.4 Å². The molecule has 3 heterocycles. The van der Waals surface area contributed by atoms with Crippen LogP contribution in [-0.4, -0.2) is 57.6 Å². The Labute approximate surface area is 122 Å². The highest BCUT2D eigenvalue weighted by molar-refractivity contribution is 5.90. The molecule has 2 saturated heterocycles. The van der Waals surface area contributed by atoms with E-state index in [1.165, 1.54) is 0 Å². The fourth-order valence-corrected chi connectivity index (χ4v) is 2.64. The number of hydrogen-bond donors (Lipinski definition) is 2. The molecule has 114 valence electrons. The monoisotopic (exact) mass is 293 g/mol. The van der Waals surface area contributed by atoms with Gasteiger partial charge >= 0.3 is 0 Å². The molecule has 0 bridgehead atoms. The molecular formula is C13H19N5O3. The predicted molar refractivity (Wildman–Crippen MR) is 72.2 cm³/mol. The molecule has 2 aliphatic rings. The van der Waals surface area contributed by atoms with Gasteiger partial charge in [-0.1, -0.05) is 6.92 Å². The summed E-state index contributed by atoms with van der Waals surface area (Å²) in [5.41, 5.74) is 0. The number of nitrogens with zero attached hydrogens (tertiary/aromatic N) is 3. The van der Waals surface area contributed by atoms with Crippen LogP contribution in [0.4, 0.5) is 0 Å². The molecule has 3 rings (SSSR count). The van der Waals surface area contributed by atoms with Gasteiger partial charge in [0.25, 0.3) is 0 Å². The highest BCUT2D eigenvalue weighted by atomic mass is 16.5. The van der Waals surface area contributed by atoms with Crippen molar-refractivity contribution >= 4 is 11.8 Å². The second-order valence-electron chi connectivity index (χ2n) is 5.30. The number of hydrogen-bond acceptors (Lipinski definition) is 5. The van der Waals surface area contributed by atoms with Gasteiger partial charge in [0.1, 0.15) is 18.0 Å². The van der Waals surface area contributed by atoms with E-state index < -0.39 is 6.04 Å². The molecule has 2 fully saturated rings. The topological polar surface area (TPSA) is 100 Å². The van der Waals surface area contributed by atoms with Crippen molar-refractivity contribution in [2.24, 2.45) is 0 Å². The quantitative estimate of drug-likeness (QED) is 0.786. The van der Waals surface area contributed by atoms with Crippen molar-refractivity contribution in [3.05, 3.63) is 11.6 Å².